The van der Waals surface area contributed by atoms with Crippen LogP contribution in [0.5, 0.6) is 0 Å². The Balaban J connectivity index is 2.04. The van der Waals surface area contributed by atoms with Gasteiger partial charge in [0.15, 0.2) is 6.61 Å². The van der Waals surface area contributed by atoms with Crippen molar-refractivity contribution in [2.45, 2.75) is 52.5 Å². The predicted octanol–water partition coefficient (Wildman–Crippen LogP) is 2.20. The molecule has 0 aliphatic carbocycles. The number of anilines is 1. The van der Waals surface area contributed by atoms with Gasteiger partial charge in [-0.05, 0) is 49.9 Å². The maximum Gasteiger partial charge on any atom is 0.326 e. The van der Waals surface area contributed by atoms with Crippen molar-refractivity contribution in [3.63, 3.8) is 0 Å². The number of nitrogens with zero attached hydrogens (tertiary/aromatic N) is 3. The molecule has 1 heterocycles. The summed E-state index contributed by atoms with van der Waals surface area (Å²) in [7, 11) is 0. The minimum absolute atomic E-state index is 0.116. The van der Waals surface area contributed by atoms with Crippen molar-refractivity contribution in [3.05, 3.63) is 29.3 Å². The normalized spacial score (nSPS) is 14.7. The first-order valence-corrected chi connectivity index (χ1v) is 10.2. The number of carbonyl (C=O) groups is 4. The van der Waals surface area contributed by atoms with E-state index in [2.05, 4.69) is 5.32 Å². The van der Waals surface area contributed by atoms with E-state index in [1.54, 1.807) is 13.8 Å². The van der Waals surface area contributed by atoms with Crippen LogP contribution >= 0.6 is 0 Å². The number of carbonyl (C=O) groups excluding carboxylic acids is 4. The summed E-state index contributed by atoms with van der Waals surface area (Å²) in [5.74, 6) is -1.83. The first-order chi connectivity index (χ1) is 14.7. The Kier molecular flexibility index (Phi) is 7.75. The van der Waals surface area contributed by atoms with E-state index < -0.39 is 42.5 Å². The van der Waals surface area contributed by atoms with E-state index in [0.29, 0.717) is 18.5 Å². The average Bonchev–Trinajstić information content (AvgIpc) is 2.96. The average molecular weight is 428 g/mol. The lowest BCUT2D eigenvalue weighted by Crippen LogP contribution is -2.46. The third kappa shape index (κ3) is 5.40. The number of esters is 1. The number of amides is 4. The maximum atomic E-state index is 12.7. The topological polar surface area (TPSA) is 120 Å². The molecular formula is C22H28N4O5. The molecule has 0 saturated carbocycles. The molecule has 1 aliphatic rings. The number of nitriles is 1. The van der Waals surface area contributed by atoms with Crippen molar-refractivity contribution in [2.24, 2.45) is 0 Å². The van der Waals surface area contributed by atoms with Gasteiger partial charge in [-0.3, -0.25) is 19.3 Å². The van der Waals surface area contributed by atoms with Gasteiger partial charge < -0.3 is 15.0 Å². The second-order valence-corrected chi connectivity index (χ2v) is 7.57. The molecule has 0 unspecified atom stereocenters. The smallest absolute Gasteiger partial charge is 0.326 e. The van der Waals surface area contributed by atoms with Gasteiger partial charge in [-0.25, -0.2) is 4.79 Å². The number of hydrogen-bond acceptors (Lipinski definition) is 6. The SMILES string of the molecule is CCC1(CC)NC(=O)N(CC(=O)OCC(=O)N(CCC#N)c2cc(C)cc(C)c2)C1=O. The van der Waals surface area contributed by atoms with Crippen LogP contribution in [0.1, 0.15) is 44.2 Å². The van der Waals surface area contributed by atoms with Crippen molar-refractivity contribution < 1.29 is 23.9 Å². The summed E-state index contributed by atoms with van der Waals surface area (Å²) in [6.07, 6.45) is 0.926. The molecule has 0 bridgehead atoms. The fourth-order valence-electron chi connectivity index (χ4n) is 3.61. The van der Waals surface area contributed by atoms with Crippen LogP contribution in [0.15, 0.2) is 18.2 Å². The number of aryl methyl sites for hydroxylation is 2. The van der Waals surface area contributed by atoms with Crippen LogP contribution in [0.2, 0.25) is 0 Å². The first kappa shape index (κ1) is 23.9. The Bertz CT molecular complexity index is 897. The fourth-order valence-corrected chi connectivity index (χ4v) is 3.61. The van der Waals surface area contributed by atoms with Gasteiger partial charge in [-0.2, -0.15) is 5.26 Å². The van der Waals surface area contributed by atoms with Crippen LogP contribution in [0.4, 0.5) is 10.5 Å². The van der Waals surface area contributed by atoms with Crippen molar-refractivity contribution in [1.82, 2.24) is 10.2 Å². The highest BCUT2D eigenvalue weighted by molar-refractivity contribution is 6.08. The van der Waals surface area contributed by atoms with Gasteiger partial charge in [0.05, 0.1) is 12.5 Å². The predicted molar refractivity (Wildman–Crippen MR) is 113 cm³/mol. The first-order valence-electron chi connectivity index (χ1n) is 10.2. The van der Waals surface area contributed by atoms with Gasteiger partial charge in [-0.15, -0.1) is 0 Å². The van der Waals surface area contributed by atoms with E-state index in [9.17, 15) is 19.2 Å². The molecule has 1 N–H and O–H groups in total. The molecule has 0 aromatic heterocycles. The third-order valence-electron chi connectivity index (χ3n) is 5.36. The minimum atomic E-state index is -1.01. The quantitative estimate of drug-likeness (QED) is 0.476. The lowest BCUT2D eigenvalue weighted by atomic mass is 9.93. The highest BCUT2D eigenvalue weighted by atomic mass is 16.5. The number of nitrogens with one attached hydrogen (secondary N) is 1. The Hall–Kier alpha value is -3.41. The van der Waals surface area contributed by atoms with Crippen LogP contribution in [-0.4, -0.2) is 54.0 Å². The highest BCUT2D eigenvalue weighted by Crippen LogP contribution is 2.25. The van der Waals surface area contributed by atoms with Crippen LogP contribution < -0.4 is 10.2 Å². The second-order valence-electron chi connectivity index (χ2n) is 7.57. The van der Waals surface area contributed by atoms with Crippen molar-refractivity contribution in [1.29, 1.82) is 5.26 Å². The molecule has 1 saturated heterocycles. The second kappa shape index (κ2) is 10.1. The highest BCUT2D eigenvalue weighted by Gasteiger charge is 2.49. The summed E-state index contributed by atoms with van der Waals surface area (Å²) >= 11 is 0. The zero-order chi connectivity index (χ0) is 23.2. The van der Waals surface area contributed by atoms with Crippen LogP contribution in [0.25, 0.3) is 0 Å². The Morgan fingerprint density at radius 3 is 2.29 bits per heavy atom. The van der Waals surface area contributed by atoms with Gasteiger partial charge in [-0.1, -0.05) is 19.9 Å². The Morgan fingerprint density at radius 2 is 1.77 bits per heavy atom. The molecule has 0 radical (unpaired) electrons. The van der Waals surface area contributed by atoms with E-state index in [-0.39, 0.29) is 13.0 Å². The molecular weight excluding hydrogens is 400 g/mol. The molecule has 1 fully saturated rings. The van der Waals surface area contributed by atoms with Crippen LogP contribution in [0, 0.1) is 25.2 Å². The Morgan fingerprint density at radius 1 is 1.16 bits per heavy atom. The van der Waals surface area contributed by atoms with Crippen molar-refractivity contribution in [2.75, 3.05) is 24.6 Å². The minimum Gasteiger partial charge on any atom is -0.454 e. The molecule has 0 spiro atoms. The monoisotopic (exact) mass is 428 g/mol. The molecule has 1 aromatic rings. The lowest BCUT2D eigenvalue weighted by Gasteiger charge is -2.23. The van der Waals surface area contributed by atoms with E-state index in [4.69, 9.17) is 10.00 Å². The fraction of sp³-hybridized carbons (Fsp3) is 0.500. The van der Waals surface area contributed by atoms with E-state index >= 15 is 0 Å². The summed E-state index contributed by atoms with van der Waals surface area (Å²) < 4.78 is 5.05. The summed E-state index contributed by atoms with van der Waals surface area (Å²) in [5, 5.41) is 11.5. The molecule has 0 atom stereocenters. The van der Waals surface area contributed by atoms with Gasteiger partial charge in [0.2, 0.25) is 0 Å². The molecule has 9 nitrogen and oxygen atoms in total. The molecule has 9 heteroatoms. The molecule has 166 valence electrons. The zero-order valence-electron chi connectivity index (χ0n) is 18.4. The van der Waals surface area contributed by atoms with Crippen LogP contribution in [-0.2, 0) is 19.1 Å². The summed E-state index contributed by atoms with van der Waals surface area (Å²) in [4.78, 5) is 51.9. The zero-order valence-corrected chi connectivity index (χ0v) is 18.4. The number of imide groups is 1. The number of benzene rings is 1. The number of ether oxygens (including phenoxy) is 1. The largest absolute Gasteiger partial charge is 0.454 e. The van der Waals surface area contributed by atoms with Gasteiger partial charge >= 0.3 is 12.0 Å². The number of urea groups is 1. The number of rotatable bonds is 9. The summed E-state index contributed by atoms with van der Waals surface area (Å²) in [6, 6.07) is 6.94. The van der Waals surface area contributed by atoms with Gasteiger partial charge in [0.25, 0.3) is 11.8 Å². The van der Waals surface area contributed by atoms with E-state index in [1.165, 1.54) is 4.90 Å². The standard InChI is InChI=1S/C22H28N4O5/c1-5-22(6-2)20(29)26(21(30)24-22)13-19(28)31-14-18(27)25(9-7-8-23)17-11-15(3)10-16(4)12-17/h10-12H,5-7,9,13-14H2,1-4H3,(H,24,30). The molecule has 4 amide bonds. The van der Waals surface area contributed by atoms with Gasteiger partial charge in [0.1, 0.15) is 12.1 Å². The van der Waals surface area contributed by atoms with Crippen molar-refractivity contribution in [3.8, 4) is 6.07 Å². The molecule has 1 aromatic carbocycles. The summed E-state index contributed by atoms with van der Waals surface area (Å²) in [6.45, 7) is 6.38. The molecule has 31 heavy (non-hydrogen) atoms. The van der Waals surface area contributed by atoms with E-state index in [1.807, 2.05) is 38.1 Å². The van der Waals surface area contributed by atoms with Crippen molar-refractivity contribution >= 4 is 29.5 Å². The van der Waals surface area contributed by atoms with Gasteiger partial charge in [0, 0.05) is 12.2 Å². The Labute approximate surface area is 181 Å². The lowest BCUT2D eigenvalue weighted by molar-refractivity contribution is -0.150. The third-order valence-corrected chi connectivity index (χ3v) is 5.36. The molecule has 2 rings (SSSR count). The molecule has 1 aliphatic heterocycles. The van der Waals surface area contributed by atoms with Crippen LogP contribution in [0.3, 0.4) is 0 Å². The van der Waals surface area contributed by atoms with E-state index in [0.717, 1.165) is 16.0 Å². The number of hydrogen-bond donors (Lipinski definition) is 1. The maximum absolute atomic E-state index is 12.7. The summed E-state index contributed by atoms with van der Waals surface area (Å²) in [5.41, 5.74) is 1.51.